The van der Waals surface area contributed by atoms with Crippen LogP contribution in [-0.2, 0) is 0 Å². The average Bonchev–Trinajstić information content (AvgIpc) is 2.95. The summed E-state index contributed by atoms with van der Waals surface area (Å²) in [5.74, 6) is 0.524. The van der Waals surface area contributed by atoms with Crippen molar-refractivity contribution in [1.82, 2.24) is 10.2 Å². The molecule has 3 aromatic rings. The topological polar surface area (TPSA) is 66.7 Å². The van der Waals surface area contributed by atoms with Crippen molar-refractivity contribution in [3.8, 4) is 0 Å². The molecule has 21 heavy (non-hydrogen) atoms. The van der Waals surface area contributed by atoms with Crippen molar-refractivity contribution in [2.75, 3.05) is 17.6 Å². The van der Waals surface area contributed by atoms with Crippen LogP contribution in [0.2, 0.25) is 0 Å². The number of fused-ring (bicyclic) bond motifs is 1. The second-order valence-corrected chi connectivity index (χ2v) is 5.42. The molecule has 3 rings (SSSR count). The van der Waals surface area contributed by atoms with Crippen LogP contribution in [0.3, 0.4) is 0 Å². The van der Waals surface area contributed by atoms with Crippen molar-refractivity contribution in [3.63, 3.8) is 0 Å². The highest BCUT2D eigenvalue weighted by atomic mass is 15.1. The van der Waals surface area contributed by atoms with Gasteiger partial charge in [0.05, 0.1) is 23.1 Å². The Morgan fingerprint density at radius 3 is 2.86 bits per heavy atom. The third-order valence-corrected chi connectivity index (χ3v) is 3.87. The number of anilines is 2. The van der Waals surface area contributed by atoms with Gasteiger partial charge in [0.15, 0.2) is 0 Å². The van der Waals surface area contributed by atoms with Crippen LogP contribution in [0.4, 0.5) is 11.4 Å². The molecule has 0 radical (unpaired) electrons. The number of hydrogen-bond acceptors (Lipinski definition) is 3. The lowest BCUT2D eigenvalue weighted by Crippen LogP contribution is -2.07. The highest BCUT2D eigenvalue weighted by Gasteiger charge is 2.06. The molecule has 0 aliphatic carbocycles. The Bertz CT molecular complexity index is 718. The molecular formula is C17H20N4. The molecule has 4 heteroatoms. The minimum absolute atomic E-state index is 0.524. The molecular weight excluding hydrogens is 260 g/mol. The Kier molecular flexibility index (Phi) is 3.77. The summed E-state index contributed by atoms with van der Waals surface area (Å²) in [6.07, 6.45) is 2.84. The van der Waals surface area contributed by atoms with Gasteiger partial charge in [-0.1, -0.05) is 37.3 Å². The van der Waals surface area contributed by atoms with Crippen LogP contribution in [0.1, 0.15) is 24.8 Å². The van der Waals surface area contributed by atoms with Crippen molar-refractivity contribution in [1.29, 1.82) is 0 Å². The molecule has 0 saturated heterocycles. The number of aromatic amines is 1. The van der Waals surface area contributed by atoms with Gasteiger partial charge in [-0.05, 0) is 30.0 Å². The van der Waals surface area contributed by atoms with Gasteiger partial charge in [-0.3, -0.25) is 5.10 Å². The van der Waals surface area contributed by atoms with E-state index in [-0.39, 0.29) is 0 Å². The molecule has 1 aromatic heterocycles. The maximum Gasteiger partial charge on any atom is 0.0672 e. The van der Waals surface area contributed by atoms with Crippen LogP contribution in [-0.4, -0.2) is 16.7 Å². The van der Waals surface area contributed by atoms with Crippen LogP contribution in [0.5, 0.6) is 0 Å². The standard InChI is InChI=1S/C17H20N4/c1-12(13-5-3-2-4-6-13)7-8-19-17-10-16-14(9-15(17)18)11-20-21-16/h2-6,9-12,19H,7-8,18H2,1H3,(H,20,21). The second-order valence-electron chi connectivity index (χ2n) is 5.42. The van der Waals surface area contributed by atoms with E-state index in [0.29, 0.717) is 5.92 Å². The van der Waals surface area contributed by atoms with Crippen LogP contribution >= 0.6 is 0 Å². The summed E-state index contributed by atoms with van der Waals surface area (Å²) >= 11 is 0. The van der Waals surface area contributed by atoms with E-state index in [1.807, 2.05) is 12.1 Å². The molecule has 1 heterocycles. The highest BCUT2D eigenvalue weighted by Crippen LogP contribution is 2.25. The zero-order valence-corrected chi connectivity index (χ0v) is 12.1. The molecule has 1 atom stereocenters. The van der Waals surface area contributed by atoms with E-state index in [0.717, 1.165) is 35.2 Å². The quantitative estimate of drug-likeness (QED) is 0.623. The number of benzene rings is 2. The molecule has 108 valence electrons. The summed E-state index contributed by atoms with van der Waals surface area (Å²) in [7, 11) is 0. The van der Waals surface area contributed by atoms with Crippen LogP contribution in [0.25, 0.3) is 10.9 Å². The number of nitrogens with two attached hydrogens (primary N) is 1. The Morgan fingerprint density at radius 2 is 2.05 bits per heavy atom. The van der Waals surface area contributed by atoms with E-state index < -0.39 is 0 Å². The molecule has 4 N–H and O–H groups in total. The Hall–Kier alpha value is -2.49. The van der Waals surface area contributed by atoms with E-state index in [9.17, 15) is 0 Å². The summed E-state index contributed by atoms with van der Waals surface area (Å²) in [4.78, 5) is 0. The Labute approximate surface area is 124 Å². The SMILES string of the molecule is CC(CCNc1cc2[nH]ncc2cc1N)c1ccccc1. The van der Waals surface area contributed by atoms with Crippen LogP contribution in [0.15, 0.2) is 48.7 Å². The zero-order chi connectivity index (χ0) is 14.7. The van der Waals surface area contributed by atoms with Crippen LogP contribution in [0, 0.1) is 0 Å². The first kappa shape index (κ1) is 13.5. The van der Waals surface area contributed by atoms with Gasteiger partial charge in [-0.2, -0.15) is 5.10 Å². The van der Waals surface area contributed by atoms with Gasteiger partial charge in [0.2, 0.25) is 0 Å². The highest BCUT2D eigenvalue weighted by molar-refractivity contribution is 5.88. The van der Waals surface area contributed by atoms with Crippen molar-refractivity contribution in [3.05, 3.63) is 54.2 Å². The first-order chi connectivity index (χ1) is 10.2. The number of rotatable bonds is 5. The monoisotopic (exact) mass is 280 g/mol. The number of nitrogen functional groups attached to an aromatic ring is 1. The number of hydrogen-bond donors (Lipinski definition) is 3. The van der Waals surface area contributed by atoms with Gasteiger partial charge in [0.1, 0.15) is 0 Å². The molecule has 0 saturated carbocycles. The van der Waals surface area contributed by atoms with Gasteiger partial charge in [-0.15, -0.1) is 0 Å². The third-order valence-electron chi connectivity index (χ3n) is 3.87. The summed E-state index contributed by atoms with van der Waals surface area (Å²) in [5, 5.41) is 11.5. The first-order valence-corrected chi connectivity index (χ1v) is 7.25. The van der Waals surface area contributed by atoms with Crippen molar-refractivity contribution in [2.45, 2.75) is 19.3 Å². The fourth-order valence-corrected chi connectivity index (χ4v) is 2.53. The molecule has 0 aliphatic heterocycles. The predicted octanol–water partition coefficient (Wildman–Crippen LogP) is 3.75. The minimum Gasteiger partial charge on any atom is -0.397 e. The van der Waals surface area contributed by atoms with Gasteiger partial charge in [-0.25, -0.2) is 0 Å². The fraction of sp³-hybridized carbons (Fsp3) is 0.235. The summed E-state index contributed by atoms with van der Waals surface area (Å²) in [6.45, 7) is 3.14. The van der Waals surface area contributed by atoms with Crippen molar-refractivity contribution < 1.29 is 0 Å². The van der Waals surface area contributed by atoms with Gasteiger partial charge in [0.25, 0.3) is 0 Å². The molecule has 4 nitrogen and oxygen atoms in total. The molecule has 0 bridgehead atoms. The molecule has 0 amide bonds. The van der Waals surface area contributed by atoms with Gasteiger partial charge >= 0.3 is 0 Å². The number of nitrogens with one attached hydrogen (secondary N) is 2. The van der Waals surface area contributed by atoms with E-state index in [2.05, 4.69) is 52.8 Å². The van der Waals surface area contributed by atoms with Crippen molar-refractivity contribution in [2.24, 2.45) is 0 Å². The number of nitrogens with zero attached hydrogens (tertiary/aromatic N) is 1. The smallest absolute Gasteiger partial charge is 0.0672 e. The van der Waals surface area contributed by atoms with Gasteiger partial charge < -0.3 is 11.1 Å². The number of aromatic nitrogens is 2. The summed E-state index contributed by atoms with van der Waals surface area (Å²) in [5.41, 5.74) is 10.2. The Balaban J connectivity index is 1.62. The van der Waals surface area contributed by atoms with Gasteiger partial charge in [0, 0.05) is 11.9 Å². The molecule has 0 fully saturated rings. The lowest BCUT2D eigenvalue weighted by atomic mass is 9.98. The number of H-pyrrole nitrogens is 1. The lowest BCUT2D eigenvalue weighted by molar-refractivity contribution is 0.706. The maximum absolute atomic E-state index is 6.07. The fourth-order valence-electron chi connectivity index (χ4n) is 2.53. The van der Waals surface area contributed by atoms with Crippen molar-refractivity contribution >= 4 is 22.3 Å². The molecule has 0 spiro atoms. The van der Waals surface area contributed by atoms with E-state index in [1.54, 1.807) is 6.20 Å². The normalized spacial score (nSPS) is 12.4. The largest absolute Gasteiger partial charge is 0.397 e. The molecule has 0 aliphatic rings. The predicted molar refractivity (Wildman–Crippen MR) is 88.5 cm³/mol. The van der Waals surface area contributed by atoms with Crippen LogP contribution < -0.4 is 11.1 Å². The Morgan fingerprint density at radius 1 is 1.24 bits per heavy atom. The zero-order valence-electron chi connectivity index (χ0n) is 12.1. The van der Waals surface area contributed by atoms with E-state index >= 15 is 0 Å². The summed E-state index contributed by atoms with van der Waals surface area (Å²) < 4.78 is 0. The molecule has 1 unspecified atom stereocenters. The third kappa shape index (κ3) is 2.99. The molecule has 2 aromatic carbocycles. The lowest BCUT2D eigenvalue weighted by Gasteiger charge is -2.14. The van der Waals surface area contributed by atoms with E-state index in [4.69, 9.17) is 5.73 Å². The average molecular weight is 280 g/mol. The minimum atomic E-state index is 0.524. The summed E-state index contributed by atoms with van der Waals surface area (Å²) in [6, 6.07) is 14.5. The second kappa shape index (κ2) is 5.87. The first-order valence-electron chi connectivity index (χ1n) is 7.25. The van der Waals surface area contributed by atoms with E-state index in [1.165, 1.54) is 5.56 Å². The maximum atomic E-state index is 6.07.